The van der Waals surface area contributed by atoms with Gasteiger partial charge in [-0.15, -0.1) is 0 Å². The van der Waals surface area contributed by atoms with Gasteiger partial charge in [0.2, 0.25) is 5.91 Å². The second-order valence-electron chi connectivity index (χ2n) is 4.57. The average molecular weight is 311 g/mol. The number of rotatable bonds is 8. The number of nitrogens with zero attached hydrogens (tertiary/aromatic N) is 1. The Balaban J connectivity index is 0.000000425. The molecule has 0 spiro atoms. The smallest absolute Gasteiger partial charge is 0.268 e. The molecule has 22 heavy (non-hydrogen) atoms. The number of hydrogen-bond acceptors (Lipinski definition) is 5. The fraction of sp³-hybridized carbons (Fsp3) is 0.533. The number of amides is 3. The molecule has 0 bridgehead atoms. The molecule has 0 aromatic rings. The zero-order valence-corrected chi connectivity index (χ0v) is 13.5. The summed E-state index contributed by atoms with van der Waals surface area (Å²) in [6.07, 6.45) is 4.34. The van der Waals surface area contributed by atoms with Crippen LogP contribution in [0.4, 0.5) is 0 Å². The quantitative estimate of drug-likeness (QED) is 0.388. The molecule has 0 radical (unpaired) electrons. The Kier molecular flexibility index (Phi) is 10.6. The molecule has 1 aliphatic rings. The molecule has 0 atom stereocenters. The number of imide groups is 1. The van der Waals surface area contributed by atoms with Gasteiger partial charge in [-0.3, -0.25) is 14.4 Å². The van der Waals surface area contributed by atoms with Crippen molar-refractivity contribution in [2.75, 3.05) is 26.8 Å². The van der Waals surface area contributed by atoms with Gasteiger partial charge in [-0.05, 0) is 19.8 Å². The molecular weight excluding hydrogens is 286 g/mol. The molecule has 7 nitrogen and oxygen atoms in total. The van der Waals surface area contributed by atoms with Crippen molar-refractivity contribution in [1.29, 1.82) is 0 Å². The topological polar surface area (TPSA) is 87.7 Å². The van der Waals surface area contributed by atoms with Gasteiger partial charge in [0.1, 0.15) is 0 Å². The fourth-order valence-corrected chi connectivity index (χ4v) is 1.39. The van der Waals surface area contributed by atoms with Crippen LogP contribution in [0.1, 0.15) is 26.7 Å². The number of carbonyl (C=O) groups excluding carboxylic acids is 3. The first-order valence-electron chi connectivity index (χ1n) is 7.19. The van der Waals surface area contributed by atoms with Gasteiger partial charge in [-0.1, -0.05) is 13.5 Å². The van der Waals surface area contributed by atoms with E-state index in [0.29, 0.717) is 18.7 Å². The SMILES string of the molecule is C=C(C)C(=O)NCCCOCCC.CNN1C(=O)C=CC1=O. The molecule has 124 valence electrons. The Morgan fingerprint density at radius 3 is 2.27 bits per heavy atom. The summed E-state index contributed by atoms with van der Waals surface area (Å²) in [5.74, 6) is -0.708. The summed E-state index contributed by atoms with van der Waals surface area (Å²) in [7, 11) is 1.52. The molecule has 1 heterocycles. The Morgan fingerprint density at radius 2 is 1.86 bits per heavy atom. The molecule has 2 N–H and O–H groups in total. The maximum atomic E-state index is 11.0. The summed E-state index contributed by atoms with van der Waals surface area (Å²) in [5, 5.41) is 3.67. The lowest BCUT2D eigenvalue weighted by molar-refractivity contribution is -0.139. The Morgan fingerprint density at radius 1 is 1.27 bits per heavy atom. The van der Waals surface area contributed by atoms with Crippen molar-refractivity contribution in [3.05, 3.63) is 24.3 Å². The van der Waals surface area contributed by atoms with Gasteiger partial charge in [0.05, 0.1) is 0 Å². The summed E-state index contributed by atoms with van der Waals surface area (Å²) in [6, 6.07) is 0. The molecule has 0 saturated heterocycles. The van der Waals surface area contributed by atoms with E-state index in [4.69, 9.17) is 4.74 Å². The maximum absolute atomic E-state index is 11.0. The van der Waals surface area contributed by atoms with Crippen LogP contribution < -0.4 is 10.7 Å². The summed E-state index contributed by atoms with van der Waals surface area (Å²) in [6.45, 7) is 9.48. The van der Waals surface area contributed by atoms with Crippen LogP contribution in [0, 0.1) is 0 Å². The normalized spacial score (nSPS) is 13.0. The first kappa shape index (κ1) is 20.0. The molecule has 0 aromatic heterocycles. The summed E-state index contributed by atoms with van der Waals surface area (Å²) >= 11 is 0. The van der Waals surface area contributed by atoms with Crippen molar-refractivity contribution in [3.8, 4) is 0 Å². The van der Waals surface area contributed by atoms with Crippen molar-refractivity contribution in [3.63, 3.8) is 0 Å². The zero-order chi connectivity index (χ0) is 17.0. The monoisotopic (exact) mass is 311 g/mol. The van der Waals surface area contributed by atoms with Crippen LogP contribution in [-0.4, -0.2) is 49.5 Å². The first-order chi connectivity index (χ1) is 10.4. The molecular formula is C15H25N3O4. The molecule has 0 aliphatic carbocycles. The zero-order valence-electron chi connectivity index (χ0n) is 13.5. The number of carbonyl (C=O) groups is 3. The number of hydrazine groups is 1. The van der Waals surface area contributed by atoms with Crippen molar-refractivity contribution in [1.82, 2.24) is 15.8 Å². The van der Waals surface area contributed by atoms with E-state index in [1.165, 1.54) is 19.2 Å². The molecule has 3 amide bonds. The number of hydrogen-bond donors (Lipinski definition) is 2. The molecule has 1 rings (SSSR count). The van der Waals surface area contributed by atoms with E-state index in [1.807, 2.05) is 0 Å². The van der Waals surface area contributed by atoms with Crippen molar-refractivity contribution < 1.29 is 19.1 Å². The van der Waals surface area contributed by atoms with Crippen molar-refractivity contribution in [2.24, 2.45) is 0 Å². The maximum Gasteiger partial charge on any atom is 0.268 e. The summed E-state index contributed by atoms with van der Waals surface area (Å²) in [4.78, 5) is 32.1. The summed E-state index contributed by atoms with van der Waals surface area (Å²) < 4.78 is 5.25. The Bertz CT molecular complexity index is 415. The lowest BCUT2D eigenvalue weighted by Gasteiger charge is -2.09. The van der Waals surface area contributed by atoms with Gasteiger partial charge < -0.3 is 10.1 Å². The van der Waals surface area contributed by atoms with Crippen LogP contribution in [0.15, 0.2) is 24.3 Å². The van der Waals surface area contributed by atoms with Crippen molar-refractivity contribution >= 4 is 17.7 Å². The highest BCUT2D eigenvalue weighted by Gasteiger charge is 2.20. The highest BCUT2D eigenvalue weighted by Crippen LogP contribution is 1.97. The van der Waals surface area contributed by atoms with Crippen LogP contribution in [-0.2, 0) is 19.1 Å². The minimum atomic E-state index is -0.317. The minimum absolute atomic E-state index is 0.0736. The van der Waals surface area contributed by atoms with E-state index >= 15 is 0 Å². The van der Waals surface area contributed by atoms with Gasteiger partial charge in [0.15, 0.2) is 0 Å². The van der Waals surface area contributed by atoms with Crippen LogP contribution >= 0.6 is 0 Å². The molecule has 1 aliphatic heterocycles. The van der Waals surface area contributed by atoms with Crippen LogP contribution in [0.2, 0.25) is 0 Å². The molecule has 0 saturated carbocycles. The largest absolute Gasteiger partial charge is 0.381 e. The second kappa shape index (κ2) is 11.6. The predicted octanol–water partition coefficient (Wildman–Crippen LogP) is 0.541. The lowest BCUT2D eigenvalue weighted by Crippen LogP contribution is -2.39. The van der Waals surface area contributed by atoms with Gasteiger partial charge in [0, 0.05) is 44.5 Å². The van der Waals surface area contributed by atoms with E-state index in [2.05, 4.69) is 24.2 Å². The van der Waals surface area contributed by atoms with Crippen molar-refractivity contribution in [2.45, 2.75) is 26.7 Å². The lowest BCUT2D eigenvalue weighted by atomic mass is 10.3. The highest BCUT2D eigenvalue weighted by atomic mass is 16.5. The molecule has 7 heteroatoms. The number of nitrogens with one attached hydrogen (secondary N) is 2. The van der Waals surface area contributed by atoms with Crippen LogP contribution in [0.5, 0.6) is 0 Å². The van der Waals surface area contributed by atoms with E-state index < -0.39 is 0 Å². The Labute approximate surface area is 131 Å². The van der Waals surface area contributed by atoms with E-state index in [0.717, 1.165) is 24.5 Å². The fourth-order valence-electron chi connectivity index (χ4n) is 1.39. The average Bonchev–Trinajstić information content (AvgIpc) is 2.81. The first-order valence-corrected chi connectivity index (χ1v) is 7.19. The van der Waals surface area contributed by atoms with Gasteiger partial charge >= 0.3 is 0 Å². The van der Waals surface area contributed by atoms with E-state index in [-0.39, 0.29) is 17.7 Å². The third-order valence-corrected chi connectivity index (χ3v) is 2.52. The van der Waals surface area contributed by atoms with E-state index in [1.54, 1.807) is 6.92 Å². The van der Waals surface area contributed by atoms with E-state index in [9.17, 15) is 14.4 Å². The van der Waals surface area contributed by atoms with Crippen LogP contribution in [0.25, 0.3) is 0 Å². The molecule has 0 aromatic carbocycles. The highest BCUT2D eigenvalue weighted by molar-refractivity contribution is 6.12. The van der Waals surface area contributed by atoms with Gasteiger partial charge in [-0.25, -0.2) is 10.4 Å². The van der Waals surface area contributed by atoms with Gasteiger partial charge in [0.25, 0.3) is 11.8 Å². The number of ether oxygens (including phenoxy) is 1. The Hall–Kier alpha value is -1.99. The predicted molar refractivity (Wildman–Crippen MR) is 83.6 cm³/mol. The summed E-state index contributed by atoms with van der Waals surface area (Å²) in [5.41, 5.74) is 2.99. The standard InChI is InChI=1S/C10H19NO2.C5H6N2O2/c1-4-7-13-8-5-6-11-10(12)9(2)3;1-6-7-4(8)2-3-5(7)9/h2,4-8H2,1,3H3,(H,11,12);2-3,6H,1H3. The van der Waals surface area contributed by atoms with Gasteiger partial charge in [-0.2, -0.15) is 0 Å². The molecule has 0 fully saturated rings. The minimum Gasteiger partial charge on any atom is -0.381 e. The second-order valence-corrected chi connectivity index (χ2v) is 4.57. The molecule has 0 unspecified atom stereocenters. The third kappa shape index (κ3) is 8.33. The third-order valence-electron chi connectivity index (χ3n) is 2.52. The van der Waals surface area contributed by atoms with Crippen LogP contribution in [0.3, 0.4) is 0 Å².